The van der Waals surface area contributed by atoms with Crippen LogP contribution in [0.1, 0.15) is 51.0 Å². The van der Waals surface area contributed by atoms with E-state index in [1.165, 1.54) is 0 Å². The van der Waals surface area contributed by atoms with Gasteiger partial charge in [0.15, 0.2) is 11.6 Å². The number of ketones is 1. The minimum absolute atomic E-state index is 0.290. The molecule has 0 aliphatic carbocycles. The summed E-state index contributed by atoms with van der Waals surface area (Å²) in [4.78, 5) is 54.2. The Kier molecular flexibility index (Phi) is 7.75. The third-order valence-corrected chi connectivity index (χ3v) is 5.05. The van der Waals surface area contributed by atoms with Crippen molar-refractivity contribution in [2.45, 2.75) is 18.9 Å². The summed E-state index contributed by atoms with van der Waals surface area (Å²) in [6.07, 6.45) is 0.290. The number of nitrogens with zero attached hydrogens (tertiary/aromatic N) is 1. The highest BCUT2D eigenvalue weighted by atomic mass is 16.5. The number of rotatable bonds is 10. The molecule has 3 aromatic rings. The maximum atomic E-state index is 13.0. The number of nitrogens with one attached hydrogen (secondary N) is 2. The average Bonchev–Trinajstić information content (AvgIpc) is 2.85. The number of carboxylic acid groups (broad SMARTS) is 1. The number of hydrogen-bond donors (Lipinski definition) is 3. The Morgan fingerprint density at radius 2 is 1.47 bits per heavy atom. The van der Waals surface area contributed by atoms with Crippen molar-refractivity contribution in [2.24, 2.45) is 0 Å². The van der Waals surface area contributed by atoms with Crippen LogP contribution in [0.15, 0.2) is 59.5 Å². The Morgan fingerprint density at radius 1 is 0.941 bits per heavy atom. The predicted molar refractivity (Wildman–Crippen MR) is 121 cm³/mol. The monoisotopic (exact) mass is 465 g/mol. The van der Waals surface area contributed by atoms with E-state index in [0.29, 0.717) is 11.5 Å². The molecule has 0 saturated heterocycles. The van der Waals surface area contributed by atoms with E-state index in [4.69, 9.17) is 14.6 Å². The van der Waals surface area contributed by atoms with Gasteiger partial charge >= 0.3 is 5.97 Å². The summed E-state index contributed by atoms with van der Waals surface area (Å²) in [5, 5.41) is 11.5. The molecule has 2 aromatic carbocycles. The van der Waals surface area contributed by atoms with Gasteiger partial charge in [0, 0.05) is 12.6 Å². The first kappa shape index (κ1) is 24.2. The van der Waals surface area contributed by atoms with E-state index in [-0.39, 0.29) is 17.8 Å². The first-order chi connectivity index (χ1) is 16.3. The maximum absolute atomic E-state index is 13.0. The lowest BCUT2D eigenvalue weighted by atomic mass is 9.98. The van der Waals surface area contributed by atoms with Gasteiger partial charge in [-0.1, -0.05) is 24.3 Å². The molecule has 1 heterocycles. The van der Waals surface area contributed by atoms with E-state index in [1.54, 1.807) is 62.8 Å². The molecule has 0 bridgehead atoms. The minimum Gasteiger partial charge on any atom is -0.497 e. The Labute approximate surface area is 194 Å². The van der Waals surface area contributed by atoms with E-state index >= 15 is 0 Å². The van der Waals surface area contributed by atoms with Crippen LogP contribution in [0.4, 0.5) is 0 Å². The molecule has 10 nitrogen and oxygen atoms in total. The Bertz CT molecular complexity index is 1190. The zero-order chi connectivity index (χ0) is 24.7. The second kappa shape index (κ2) is 10.9. The zero-order valence-electron chi connectivity index (χ0n) is 18.5. The Balaban J connectivity index is 1.88. The summed E-state index contributed by atoms with van der Waals surface area (Å²) in [6, 6.07) is 13.6. The fourth-order valence-corrected chi connectivity index (χ4v) is 3.20. The summed E-state index contributed by atoms with van der Waals surface area (Å²) in [7, 11) is 3.10. The highest BCUT2D eigenvalue weighted by Gasteiger charge is 2.21. The van der Waals surface area contributed by atoms with E-state index in [9.17, 15) is 19.2 Å². The molecule has 1 aromatic heterocycles. The van der Waals surface area contributed by atoms with Crippen LogP contribution in [0.2, 0.25) is 0 Å². The second-order valence-electron chi connectivity index (χ2n) is 7.24. The van der Waals surface area contributed by atoms with Crippen LogP contribution in [0.25, 0.3) is 0 Å². The fraction of sp³-hybridized carbons (Fsp3) is 0.208. The Morgan fingerprint density at radius 3 is 1.91 bits per heavy atom. The predicted octanol–water partition coefficient (Wildman–Crippen LogP) is 2.35. The molecule has 1 amide bonds. The molecular weight excluding hydrogens is 442 g/mol. The van der Waals surface area contributed by atoms with Gasteiger partial charge in [-0.2, -0.15) is 0 Å². The van der Waals surface area contributed by atoms with Gasteiger partial charge in [0.2, 0.25) is 0 Å². The van der Waals surface area contributed by atoms with Crippen LogP contribution in [0.5, 0.6) is 11.5 Å². The number of benzene rings is 2. The number of ether oxygens (including phenoxy) is 2. The van der Waals surface area contributed by atoms with Crippen LogP contribution >= 0.6 is 0 Å². The van der Waals surface area contributed by atoms with Gasteiger partial charge < -0.3 is 24.9 Å². The normalized spacial score (nSPS) is 10.6. The van der Waals surface area contributed by atoms with E-state index in [0.717, 1.165) is 17.3 Å². The van der Waals surface area contributed by atoms with Crippen molar-refractivity contribution in [1.29, 1.82) is 0 Å². The van der Waals surface area contributed by atoms with Gasteiger partial charge in [0.05, 0.1) is 26.7 Å². The lowest BCUT2D eigenvalue weighted by Crippen LogP contribution is -2.34. The van der Waals surface area contributed by atoms with E-state index in [1.807, 2.05) is 0 Å². The lowest BCUT2D eigenvalue weighted by Gasteiger charge is -2.20. The lowest BCUT2D eigenvalue weighted by molar-refractivity contribution is -0.136. The largest absolute Gasteiger partial charge is 0.497 e. The van der Waals surface area contributed by atoms with Crippen molar-refractivity contribution in [1.82, 2.24) is 15.3 Å². The number of Topliss-reactive ketones (excluding diaryl/α,β-unsaturated/α-hetero) is 1. The van der Waals surface area contributed by atoms with E-state index in [2.05, 4.69) is 15.3 Å². The van der Waals surface area contributed by atoms with Gasteiger partial charge in [-0.25, -0.2) is 4.98 Å². The van der Waals surface area contributed by atoms with Crippen molar-refractivity contribution in [3.05, 3.63) is 87.6 Å². The van der Waals surface area contributed by atoms with Crippen LogP contribution in [0.3, 0.4) is 0 Å². The van der Waals surface area contributed by atoms with Gasteiger partial charge in [-0.3, -0.25) is 19.2 Å². The minimum atomic E-state index is -1.14. The third kappa shape index (κ3) is 5.85. The zero-order valence-corrected chi connectivity index (χ0v) is 18.5. The van der Waals surface area contributed by atoms with E-state index < -0.39 is 35.7 Å². The number of carboxylic acids is 1. The fourth-order valence-electron chi connectivity index (χ4n) is 3.20. The Hall–Kier alpha value is -4.47. The van der Waals surface area contributed by atoms with Crippen molar-refractivity contribution in [3.8, 4) is 11.5 Å². The first-order valence-corrected chi connectivity index (χ1v) is 10.3. The summed E-state index contributed by atoms with van der Waals surface area (Å²) in [5.41, 5.74) is 0.379. The molecule has 0 aliphatic heterocycles. The number of carbonyl (C=O) groups is 3. The molecular formula is C24H23N3O7. The number of methoxy groups -OCH3 is 2. The molecule has 34 heavy (non-hydrogen) atoms. The standard InChI is InChI=1S/C24H23N3O7/c1-33-16-7-3-14(4-8-16)21(15-5-9-17(34-2)10-6-15)26-23(31)18-13-25-22(27-24(18)32)19(28)11-12-20(29)30/h3-10,13,21H,11-12H2,1-2H3,(H,26,31)(H,29,30)(H,25,27,32). The van der Waals surface area contributed by atoms with Gasteiger partial charge in [0.25, 0.3) is 11.5 Å². The summed E-state index contributed by atoms with van der Waals surface area (Å²) in [6.45, 7) is 0. The number of aromatic nitrogens is 2. The second-order valence-corrected chi connectivity index (χ2v) is 7.24. The topological polar surface area (TPSA) is 148 Å². The smallest absolute Gasteiger partial charge is 0.303 e. The molecule has 0 saturated carbocycles. The molecule has 176 valence electrons. The van der Waals surface area contributed by atoms with Gasteiger partial charge in [0.1, 0.15) is 17.1 Å². The average molecular weight is 465 g/mol. The van der Waals surface area contributed by atoms with Gasteiger partial charge in [-0.15, -0.1) is 0 Å². The number of carbonyl (C=O) groups excluding carboxylic acids is 2. The molecule has 0 radical (unpaired) electrons. The number of amides is 1. The molecule has 0 spiro atoms. The van der Waals surface area contributed by atoms with Crippen LogP contribution in [-0.4, -0.2) is 47.0 Å². The molecule has 0 aliphatic rings. The number of aliphatic carboxylic acids is 1. The molecule has 3 N–H and O–H groups in total. The third-order valence-electron chi connectivity index (χ3n) is 5.05. The first-order valence-electron chi connectivity index (χ1n) is 10.3. The van der Waals surface area contributed by atoms with Crippen molar-refractivity contribution in [3.63, 3.8) is 0 Å². The number of hydrogen-bond acceptors (Lipinski definition) is 7. The van der Waals surface area contributed by atoms with Crippen molar-refractivity contribution >= 4 is 17.7 Å². The highest BCUT2D eigenvalue weighted by Crippen LogP contribution is 2.26. The highest BCUT2D eigenvalue weighted by molar-refractivity contribution is 5.96. The maximum Gasteiger partial charge on any atom is 0.303 e. The summed E-state index contributed by atoms with van der Waals surface area (Å²) >= 11 is 0. The summed E-state index contributed by atoms with van der Waals surface area (Å²) in [5.74, 6) is -1.49. The molecule has 0 atom stereocenters. The van der Waals surface area contributed by atoms with Crippen LogP contribution in [0, 0.1) is 0 Å². The quantitative estimate of drug-likeness (QED) is 0.387. The van der Waals surface area contributed by atoms with Crippen LogP contribution in [-0.2, 0) is 4.79 Å². The molecule has 3 rings (SSSR count). The van der Waals surface area contributed by atoms with Crippen molar-refractivity contribution in [2.75, 3.05) is 14.2 Å². The molecule has 10 heteroatoms. The van der Waals surface area contributed by atoms with Crippen LogP contribution < -0.4 is 20.3 Å². The number of H-pyrrole nitrogens is 1. The van der Waals surface area contributed by atoms with Gasteiger partial charge in [-0.05, 0) is 35.4 Å². The molecule has 0 fully saturated rings. The van der Waals surface area contributed by atoms with Crippen molar-refractivity contribution < 1.29 is 29.0 Å². The molecule has 0 unspecified atom stereocenters. The SMILES string of the molecule is COc1ccc(C(NC(=O)c2cnc(C(=O)CCC(=O)O)[nH]c2=O)c2ccc(OC)cc2)cc1. The summed E-state index contributed by atoms with van der Waals surface area (Å²) < 4.78 is 10.4. The number of aromatic amines is 1.